The van der Waals surface area contributed by atoms with E-state index in [0.29, 0.717) is 0 Å². The van der Waals surface area contributed by atoms with Gasteiger partial charge in [-0.3, -0.25) is 9.59 Å². The number of hydrogen-bond donors (Lipinski definition) is 2. The normalized spacial score (nSPS) is 12.8. The van der Waals surface area contributed by atoms with E-state index in [4.69, 9.17) is 4.74 Å². The van der Waals surface area contributed by atoms with Crippen LogP contribution in [0.3, 0.4) is 0 Å². The van der Waals surface area contributed by atoms with E-state index in [1.165, 1.54) is 6.92 Å². The lowest BCUT2D eigenvalue weighted by Gasteiger charge is -2.21. The van der Waals surface area contributed by atoms with E-state index >= 15 is 0 Å². The molecule has 2 unspecified atom stereocenters. The second-order valence-electron chi connectivity index (χ2n) is 6.40. The van der Waals surface area contributed by atoms with Gasteiger partial charge in [0.15, 0.2) is 0 Å². The Morgan fingerprint density at radius 3 is 2.38 bits per heavy atom. The van der Waals surface area contributed by atoms with Gasteiger partial charge in [0, 0.05) is 12.5 Å². The van der Waals surface area contributed by atoms with Crippen molar-refractivity contribution in [3.05, 3.63) is 65.2 Å². The van der Waals surface area contributed by atoms with Crippen molar-refractivity contribution < 1.29 is 14.3 Å². The van der Waals surface area contributed by atoms with Crippen molar-refractivity contribution in [2.45, 2.75) is 39.3 Å². The van der Waals surface area contributed by atoms with Gasteiger partial charge in [-0.05, 0) is 25.5 Å². The monoisotopic (exact) mass is 354 g/mol. The minimum Gasteiger partial charge on any atom is -0.496 e. The maximum absolute atomic E-state index is 12.6. The Morgan fingerprint density at radius 2 is 1.77 bits per heavy atom. The Labute approximate surface area is 154 Å². The molecule has 0 aliphatic rings. The number of carbonyl (C=O) groups is 2. The minimum atomic E-state index is -0.361. The molecule has 2 amide bonds. The zero-order valence-corrected chi connectivity index (χ0v) is 15.7. The molecule has 2 N–H and O–H groups in total. The highest BCUT2D eigenvalue weighted by Gasteiger charge is 2.20. The molecule has 5 heteroatoms. The Morgan fingerprint density at radius 1 is 1.08 bits per heavy atom. The second kappa shape index (κ2) is 9.04. The van der Waals surface area contributed by atoms with Gasteiger partial charge in [0.2, 0.25) is 11.8 Å². The molecule has 0 aliphatic heterocycles. The zero-order valence-electron chi connectivity index (χ0n) is 15.7. The Hall–Kier alpha value is -2.82. The molecule has 0 radical (unpaired) electrons. The molecule has 0 bridgehead atoms. The van der Waals surface area contributed by atoms with Crippen LogP contribution in [0.15, 0.2) is 48.5 Å². The van der Waals surface area contributed by atoms with Gasteiger partial charge in [0.1, 0.15) is 5.75 Å². The summed E-state index contributed by atoms with van der Waals surface area (Å²) in [7, 11) is 1.62. The van der Waals surface area contributed by atoms with Crippen LogP contribution >= 0.6 is 0 Å². The molecule has 2 aromatic rings. The number of ether oxygens (including phenoxy) is 1. The lowest BCUT2D eigenvalue weighted by molar-refractivity contribution is -0.123. The zero-order chi connectivity index (χ0) is 19.1. The van der Waals surface area contributed by atoms with E-state index in [9.17, 15) is 9.59 Å². The quantitative estimate of drug-likeness (QED) is 0.800. The Kier molecular flexibility index (Phi) is 6.78. The molecule has 5 nitrogen and oxygen atoms in total. The predicted molar refractivity (Wildman–Crippen MR) is 102 cm³/mol. The third kappa shape index (κ3) is 5.34. The van der Waals surface area contributed by atoms with Crippen molar-refractivity contribution in [1.82, 2.24) is 10.6 Å². The van der Waals surface area contributed by atoms with Gasteiger partial charge < -0.3 is 15.4 Å². The van der Waals surface area contributed by atoms with Crippen LogP contribution in [0.5, 0.6) is 5.75 Å². The van der Waals surface area contributed by atoms with Crippen molar-refractivity contribution in [1.29, 1.82) is 0 Å². The molecular formula is C21H26N2O3. The number of benzene rings is 2. The topological polar surface area (TPSA) is 67.4 Å². The van der Waals surface area contributed by atoms with Gasteiger partial charge in [-0.25, -0.2) is 0 Å². The molecule has 138 valence electrons. The highest BCUT2D eigenvalue weighted by atomic mass is 16.5. The van der Waals surface area contributed by atoms with Crippen molar-refractivity contribution >= 4 is 11.8 Å². The van der Waals surface area contributed by atoms with Crippen LogP contribution in [-0.4, -0.2) is 18.9 Å². The summed E-state index contributed by atoms with van der Waals surface area (Å²) in [5, 5.41) is 5.85. The third-order valence-corrected chi connectivity index (χ3v) is 4.20. The van der Waals surface area contributed by atoms with Crippen LogP contribution in [0.4, 0.5) is 0 Å². The van der Waals surface area contributed by atoms with E-state index in [2.05, 4.69) is 10.6 Å². The molecule has 0 heterocycles. The van der Waals surface area contributed by atoms with Gasteiger partial charge in [-0.2, -0.15) is 0 Å². The van der Waals surface area contributed by atoms with Crippen LogP contribution in [0.1, 0.15) is 49.0 Å². The summed E-state index contributed by atoms with van der Waals surface area (Å²) >= 11 is 0. The molecule has 2 rings (SSSR count). The van der Waals surface area contributed by atoms with E-state index in [-0.39, 0.29) is 30.3 Å². The van der Waals surface area contributed by atoms with E-state index in [1.54, 1.807) is 7.11 Å². The van der Waals surface area contributed by atoms with Gasteiger partial charge in [0.25, 0.3) is 0 Å². The SMILES string of the molecule is COc1ccc(C)cc1C(C)NC(=O)CC(NC(C)=O)c1ccccc1. The number of carbonyl (C=O) groups excluding carboxylic acids is 2. The lowest BCUT2D eigenvalue weighted by atomic mass is 10.0. The first-order chi connectivity index (χ1) is 12.4. The van der Waals surface area contributed by atoms with Crippen molar-refractivity contribution in [2.24, 2.45) is 0 Å². The maximum atomic E-state index is 12.6. The summed E-state index contributed by atoms with van der Waals surface area (Å²) in [5.41, 5.74) is 2.93. The summed E-state index contributed by atoms with van der Waals surface area (Å²) in [6, 6.07) is 14.8. The number of nitrogens with one attached hydrogen (secondary N) is 2. The standard InChI is InChI=1S/C21H26N2O3/c1-14-10-11-20(26-4)18(12-14)15(2)22-21(25)13-19(23-16(3)24)17-8-6-5-7-9-17/h5-12,15,19H,13H2,1-4H3,(H,22,25)(H,23,24). The molecule has 2 atom stereocenters. The van der Waals surface area contributed by atoms with Crippen LogP contribution in [0, 0.1) is 6.92 Å². The number of methoxy groups -OCH3 is 1. The van der Waals surface area contributed by atoms with Crippen LogP contribution < -0.4 is 15.4 Å². The third-order valence-electron chi connectivity index (χ3n) is 4.20. The Balaban J connectivity index is 2.10. The highest BCUT2D eigenvalue weighted by Crippen LogP contribution is 2.26. The summed E-state index contributed by atoms with van der Waals surface area (Å²) in [6.45, 7) is 5.37. The first-order valence-electron chi connectivity index (χ1n) is 8.66. The molecule has 0 saturated carbocycles. The fourth-order valence-electron chi connectivity index (χ4n) is 2.94. The predicted octanol–water partition coefficient (Wildman–Crippen LogP) is 3.45. The molecular weight excluding hydrogens is 328 g/mol. The largest absolute Gasteiger partial charge is 0.496 e. The molecule has 0 spiro atoms. The van der Waals surface area contributed by atoms with Gasteiger partial charge in [0.05, 0.1) is 25.6 Å². The molecule has 0 saturated heterocycles. The van der Waals surface area contributed by atoms with E-state index in [0.717, 1.165) is 22.4 Å². The maximum Gasteiger partial charge on any atom is 0.222 e. The fourth-order valence-corrected chi connectivity index (χ4v) is 2.94. The number of amides is 2. The van der Waals surface area contributed by atoms with Crippen LogP contribution in [-0.2, 0) is 9.59 Å². The first kappa shape index (κ1) is 19.5. The second-order valence-corrected chi connectivity index (χ2v) is 6.40. The Bertz CT molecular complexity index is 759. The summed E-state index contributed by atoms with van der Waals surface area (Å²) in [5.74, 6) is 0.439. The number of hydrogen-bond acceptors (Lipinski definition) is 3. The minimum absolute atomic E-state index is 0.135. The summed E-state index contributed by atoms with van der Waals surface area (Å²) in [4.78, 5) is 24.1. The molecule has 0 aromatic heterocycles. The van der Waals surface area contributed by atoms with Crippen molar-refractivity contribution in [3.8, 4) is 5.75 Å². The van der Waals surface area contributed by atoms with Gasteiger partial charge in [-0.15, -0.1) is 0 Å². The smallest absolute Gasteiger partial charge is 0.222 e. The molecule has 2 aromatic carbocycles. The molecule has 26 heavy (non-hydrogen) atoms. The number of rotatable bonds is 7. The van der Waals surface area contributed by atoms with Gasteiger partial charge in [-0.1, -0.05) is 48.0 Å². The summed E-state index contributed by atoms with van der Waals surface area (Å²) in [6.07, 6.45) is 0.169. The van der Waals surface area contributed by atoms with E-state index < -0.39 is 0 Å². The fraction of sp³-hybridized carbons (Fsp3) is 0.333. The first-order valence-corrected chi connectivity index (χ1v) is 8.66. The molecule has 0 aliphatic carbocycles. The van der Waals surface area contributed by atoms with Crippen LogP contribution in [0.25, 0.3) is 0 Å². The number of aryl methyl sites for hydroxylation is 1. The summed E-state index contributed by atoms with van der Waals surface area (Å²) < 4.78 is 5.40. The van der Waals surface area contributed by atoms with Crippen LogP contribution in [0.2, 0.25) is 0 Å². The lowest BCUT2D eigenvalue weighted by Crippen LogP contribution is -2.33. The van der Waals surface area contributed by atoms with Gasteiger partial charge >= 0.3 is 0 Å². The average Bonchev–Trinajstić information content (AvgIpc) is 2.61. The van der Waals surface area contributed by atoms with Crippen molar-refractivity contribution in [3.63, 3.8) is 0 Å². The molecule has 0 fully saturated rings. The van der Waals surface area contributed by atoms with Crippen molar-refractivity contribution in [2.75, 3.05) is 7.11 Å². The highest BCUT2D eigenvalue weighted by molar-refractivity contribution is 5.79. The van der Waals surface area contributed by atoms with E-state index in [1.807, 2.05) is 62.4 Å². The average molecular weight is 354 g/mol.